The molecule has 1 N–H and O–H groups in total. The molecule has 0 fully saturated rings. The minimum Gasteiger partial charge on any atom is -0.385 e. The predicted molar refractivity (Wildman–Crippen MR) is 75.5 cm³/mol. The molecular weight excluding hydrogens is 242 g/mol. The van der Waals surface area contributed by atoms with Gasteiger partial charge in [-0.15, -0.1) is 0 Å². The Morgan fingerprint density at radius 2 is 2.05 bits per heavy atom. The molecule has 0 aliphatic carbocycles. The number of anilines is 1. The molecule has 0 aliphatic heterocycles. The van der Waals surface area contributed by atoms with E-state index in [2.05, 4.69) is 27.3 Å². The number of nitrogens with zero attached hydrogens (tertiary/aromatic N) is 4. The Morgan fingerprint density at radius 1 is 1.26 bits per heavy atom. The lowest BCUT2D eigenvalue weighted by atomic mass is 10.3. The number of rotatable bonds is 6. The van der Waals surface area contributed by atoms with E-state index in [1.165, 1.54) is 0 Å². The molecule has 0 aliphatic rings. The van der Waals surface area contributed by atoms with Crippen molar-refractivity contribution in [3.8, 4) is 0 Å². The Morgan fingerprint density at radius 3 is 2.74 bits per heavy atom. The molecular formula is C13H21N5O. The Labute approximate surface area is 113 Å². The fraction of sp³-hybridized carbons (Fsp3) is 0.615. The number of aryl methyl sites for hydroxylation is 3. The van der Waals surface area contributed by atoms with Gasteiger partial charge in [0.05, 0.1) is 5.69 Å². The van der Waals surface area contributed by atoms with Crippen molar-refractivity contribution in [2.45, 2.75) is 33.7 Å². The van der Waals surface area contributed by atoms with E-state index in [1.54, 1.807) is 7.11 Å². The highest BCUT2D eigenvalue weighted by Gasteiger charge is 2.14. The van der Waals surface area contributed by atoms with Gasteiger partial charge in [0, 0.05) is 26.8 Å². The largest absolute Gasteiger partial charge is 0.385 e. The van der Waals surface area contributed by atoms with Crippen LogP contribution < -0.4 is 5.32 Å². The molecule has 0 unspecified atom stereocenters. The summed E-state index contributed by atoms with van der Waals surface area (Å²) in [6.45, 7) is 8.34. The van der Waals surface area contributed by atoms with Crippen LogP contribution in [0.1, 0.15) is 24.9 Å². The number of nitrogens with one attached hydrogen (secondary N) is 1. The molecule has 104 valence electrons. The maximum absolute atomic E-state index is 5.05. The minimum atomic E-state index is 0.742. The number of aromatic nitrogens is 4. The van der Waals surface area contributed by atoms with Crippen LogP contribution in [0.25, 0.3) is 11.0 Å². The first-order chi connectivity index (χ1) is 9.17. The van der Waals surface area contributed by atoms with Gasteiger partial charge in [-0.2, -0.15) is 5.10 Å². The van der Waals surface area contributed by atoms with Gasteiger partial charge in [-0.3, -0.25) is 4.68 Å². The molecule has 6 heteroatoms. The first kappa shape index (κ1) is 13.7. The van der Waals surface area contributed by atoms with Gasteiger partial charge >= 0.3 is 0 Å². The lowest BCUT2D eigenvalue weighted by Gasteiger charge is -2.09. The third-order valence-electron chi connectivity index (χ3n) is 2.98. The van der Waals surface area contributed by atoms with Crippen LogP contribution in [0.5, 0.6) is 0 Å². The van der Waals surface area contributed by atoms with Crippen LogP contribution in [0.4, 0.5) is 5.82 Å². The zero-order valence-electron chi connectivity index (χ0n) is 12.0. The summed E-state index contributed by atoms with van der Waals surface area (Å²) in [6, 6.07) is 0. The van der Waals surface area contributed by atoms with Gasteiger partial charge in [-0.1, -0.05) is 0 Å². The molecule has 2 rings (SSSR count). The van der Waals surface area contributed by atoms with Gasteiger partial charge in [0.1, 0.15) is 16.9 Å². The topological polar surface area (TPSA) is 64.9 Å². The van der Waals surface area contributed by atoms with E-state index in [4.69, 9.17) is 4.74 Å². The number of hydrogen-bond donors (Lipinski definition) is 1. The highest BCUT2D eigenvalue weighted by molar-refractivity contribution is 5.87. The number of hydrogen-bond acceptors (Lipinski definition) is 5. The Bertz CT molecular complexity index is 564. The van der Waals surface area contributed by atoms with E-state index < -0.39 is 0 Å². The third-order valence-corrected chi connectivity index (χ3v) is 2.98. The van der Waals surface area contributed by atoms with Crippen LogP contribution in [0, 0.1) is 13.8 Å². The number of methoxy groups -OCH3 is 1. The quantitative estimate of drug-likeness (QED) is 0.806. The van der Waals surface area contributed by atoms with Crippen molar-refractivity contribution < 1.29 is 4.74 Å². The van der Waals surface area contributed by atoms with Crippen molar-refractivity contribution in [2.24, 2.45) is 0 Å². The Balaban J connectivity index is 2.35. The van der Waals surface area contributed by atoms with Gasteiger partial charge < -0.3 is 10.1 Å². The number of ether oxygens (including phenoxy) is 1. The second kappa shape index (κ2) is 5.97. The van der Waals surface area contributed by atoms with Gasteiger partial charge in [0.2, 0.25) is 0 Å². The van der Waals surface area contributed by atoms with E-state index in [0.717, 1.165) is 54.5 Å². The summed E-state index contributed by atoms with van der Waals surface area (Å²) in [5, 5.41) is 7.86. The summed E-state index contributed by atoms with van der Waals surface area (Å²) in [7, 11) is 1.71. The van der Waals surface area contributed by atoms with Crippen molar-refractivity contribution in [3.05, 3.63) is 11.5 Å². The van der Waals surface area contributed by atoms with Crippen molar-refractivity contribution >= 4 is 16.9 Å². The SMILES string of the molecule is CCn1nc(C)c2nc(C)nc(NCCCOC)c21. The van der Waals surface area contributed by atoms with Crippen LogP contribution in [-0.4, -0.2) is 40.0 Å². The summed E-state index contributed by atoms with van der Waals surface area (Å²) < 4.78 is 7.00. The summed E-state index contributed by atoms with van der Waals surface area (Å²) in [5.74, 6) is 1.63. The van der Waals surface area contributed by atoms with Gasteiger partial charge in [-0.05, 0) is 27.2 Å². The summed E-state index contributed by atoms with van der Waals surface area (Å²) in [4.78, 5) is 8.99. The van der Waals surface area contributed by atoms with Crippen LogP contribution >= 0.6 is 0 Å². The lowest BCUT2D eigenvalue weighted by Crippen LogP contribution is -2.09. The molecule has 0 amide bonds. The molecule has 2 heterocycles. The monoisotopic (exact) mass is 263 g/mol. The van der Waals surface area contributed by atoms with E-state index in [9.17, 15) is 0 Å². The molecule has 19 heavy (non-hydrogen) atoms. The standard InChI is InChI=1S/C13H21N5O/c1-5-18-12-11(9(2)17-18)15-10(3)16-13(12)14-7-6-8-19-4/h5-8H2,1-4H3,(H,14,15,16). The van der Waals surface area contributed by atoms with Crippen molar-refractivity contribution in [1.29, 1.82) is 0 Å². The van der Waals surface area contributed by atoms with E-state index in [0.29, 0.717) is 0 Å². The molecule has 0 atom stereocenters. The second-order valence-electron chi connectivity index (χ2n) is 4.49. The highest BCUT2D eigenvalue weighted by Crippen LogP contribution is 2.23. The molecule has 0 saturated carbocycles. The molecule has 6 nitrogen and oxygen atoms in total. The molecule has 0 aromatic carbocycles. The Kier molecular flexibility index (Phi) is 4.31. The molecule has 2 aromatic rings. The van der Waals surface area contributed by atoms with Gasteiger partial charge in [-0.25, -0.2) is 9.97 Å². The van der Waals surface area contributed by atoms with Crippen molar-refractivity contribution in [1.82, 2.24) is 19.7 Å². The van der Waals surface area contributed by atoms with E-state index >= 15 is 0 Å². The van der Waals surface area contributed by atoms with Crippen LogP contribution in [0.2, 0.25) is 0 Å². The first-order valence-corrected chi connectivity index (χ1v) is 6.62. The summed E-state index contributed by atoms with van der Waals surface area (Å²) in [6.07, 6.45) is 0.945. The third kappa shape index (κ3) is 2.84. The van der Waals surface area contributed by atoms with Crippen LogP contribution in [0.15, 0.2) is 0 Å². The fourth-order valence-electron chi connectivity index (χ4n) is 2.12. The smallest absolute Gasteiger partial charge is 0.156 e. The first-order valence-electron chi connectivity index (χ1n) is 6.62. The fourth-order valence-corrected chi connectivity index (χ4v) is 2.12. The Hall–Kier alpha value is -1.69. The van der Waals surface area contributed by atoms with Crippen LogP contribution in [0.3, 0.4) is 0 Å². The molecule has 2 aromatic heterocycles. The zero-order valence-corrected chi connectivity index (χ0v) is 12.0. The van der Waals surface area contributed by atoms with Crippen molar-refractivity contribution in [3.63, 3.8) is 0 Å². The van der Waals surface area contributed by atoms with Crippen LogP contribution in [-0.2, 0) is 11.3 Å². The summed E-state index contributed by atoms with van der Waals surface area (Å²) in [5.41, 5.74) is 2.87. The molecule has 0 radical (unpaired) electrons. The maximum Gasteiger partial charge on any atom is 0.156 e. The zero-order chi connectivity index (χ0) is 13.8. The average molecular weight is 263 g/mol. The predicted octanol–water partition coefficient (Wildman–Crippen LogP) is 1.91. The lowest BCUT2D eigenvalue weighted by molar-refractivity contribution is 0.198. The molecule has 0 bridgehead atoms. The molecule has 0 saturated heterocycles. The van der Waals surface area contributed by atoms with Gasteiger partial charge in [0.15, 0.2) is 5.82 Å². The normalized spacial score (nSPS) is 11.2. The second-order valence-corrected chi connectivity index (χ2v) is 4.49. The minimum absolute atomic E-state index is 0.742. The van der Waals surface area contributed by atoms with E-state index in [-0.39, 0.29) is 0 Å². The summed E-state index contributed by atoms with van der Waals surface area (Å²) >= 11 is 0. The number of fused-ring (bicyclic) bond motifs is 1. The van der Waals surface area contributed by atoms with E-state index in [1.807, 2.05) is 18.5 Å². The van der Waals surface area contributed by atoms with Gasteiger partial charge in [0.25, 0.3) is 0 Å². The average Bonchev–Trinajstić information content (AvgIpc) is 2.71. The maximum atomic E-state index is 5.05. The van der Waals surface area contributed by atoms with Crippen molar-refractivity contribution in [2.75, 3.05) is 25.6 Å². The highest BCUT2D eigenvalue weighted by atomic mass is 16.5. The molecule has 0 spiro atoms.